The average molecular weight is 215 g/mol. The molecule has 0 saturated heterocycles. The zero-order valence-corrected chi connectivity index (χ0v) is 9.55. The molecule has 1 aromatic carbocycles. The Labute approximate surface area is 94.2 Å². The van der Waals surface area contributed by atoms with Crippen LogP contribution in [-0.4, -0.2) is 10.7 Å². The monoisotopic (exact) mass is 215 g/mol. The Morgan fingerprint density at radius 2 is 2.20 bits per heavy atom. The Balaban J connectivity index is 2.55. The van der Waals surface area contributed by atoms with Crippen LogP contribution in [0.15, 0.2) is 47.9 Å². The van der Waals surface area contributed by atoms with E-state index in [4.69, 9.17) is 0 Å². The number of hydrogen-bond donors (Lipinski definition) is 0. The maximum atomic E-state index is 4.51. The molecule has 76 valence electrons. The highest BCUT2D eigenvalue weighted by Gasteiger charge is 2.02. The molecule has 2 aromatic rings. The van der Waals surface area contributed by atoms with Crippen LogP contribution in [-0.2, 0) is 0 Å². The lowest BCUT2D eigenvalue weighted by molar-refractivity contribution is 1.22. The highest BCUT2D eigenvalue weighted by atomic mass is 32.2. The van der Waals surface area contributed by atoms with Crippen molar-refractivity contribution in [2.45, 2.75) is 11.8 Å². The molecule has 2 rings (SSSR count). The summed E-state index contributed by atoms with van der Waals surface area (Å²) in [6, 6.07) is 10.4. The maximum absolute atomic E-state index is 4.51. The molecular weight excluding hydrogens is 202 g/mol. The Hall–Kier alpha value is -1.28. The molecule has 0 aliphatic rings. The van der Waals surface area contributed by atoms with Crippen molar-refractivity contribution < 1.29 is 0 Å². The van der Waals surface area contributed by atoms with Gasteiger partial charge in [-0.15, -0.1) is 18.3 Å². The number of nitrogens with zero attached hydrogens (tertiary/aromatic N) is 1. The normalized spacial score (nSPS) is 10.5. The SMILES string of the molecule is C=CCSc1cc(C)nc2ccccc12. The predicted molar refractivity (Wildman–Crippen MR) is 67.4 cm³/mol. The summed E-state index contributed by atoms with van der Waals surface area (Å²) in [7, 11) is 0. The largest absolute Gasteiger partial charge is 0.253 e. The third-order valence-electron chi connectivity index (χ3n) is 2.16. The van der Waals surface area contributed by atoms with Gasteiger partial charge in [-0.1, -0.05) is 24.3 Å². The van der Waals surface area contributed by atoms with Crippen molar-refractivity contribution in [3.05, 3.63) is 48.7 Å². The first-order valence-electron chi connectivity index (χ1n) is 4.91. The molecule has 2 heteroatoms. The van der Waals surface area contributed by atoms with Crippen molar-refractivity contribution in [2.24, 2.45) is 0 Å². The van der Waals surface area contributed by atoms with Crippen molar-refractivity contribution >= 4 is 22.7 Å². The van der Waals surface area contributed by atoms with Crippen LogP contribution < -0.4 is 0 Å². The van der Waals surface area contributed by atoms with Gasteiger partial charge in [0.15, 0.2) is 0 Å². The standard InChI is InChI=1S/C13H13NS/c1-3-8-15-13-9-10(2)14-12-7-5-4-6-11(12)13/h3-7,9H,1,8H2,2H3. The molecule has 0 amide bonds. The fourth-order valence-corrected chi connectivity index (χ4v) is 2.42. The first-order valence-corrected chi connectivity index (χ1v) is 5.90. The van der Waals surface area contributed by atoms with Crippen LogP contribution in [0.25, 0.3) is 10.9 Å². The lowest BCUT2D eigenvalue weighted by Crippen LogP contribution is -1.86. The minimum Gasteiger partial charge on any atom is -0.253 e. The van der Waals surface area contributed by atoms with Crippen LogP contribution in [0, 0.1) is 6.92 Å². The number of rotatable bonds is 3. The van der Waals surface area contributed by atoms with E-state index in [1.54, 1.807) is 11.8 Å². The summed E-state index contributed by atoms with van der Waals surface area (Å²) in [5, 5.41) is 1.23. The van der Waals surface area contributed by atoms with E-state index in [9.17, 15) is 0 Å². The Morgan fingerprint density at radius 3 is 3.00 bits per heavy atom. The number of benzene rings is 1. The second kappa shape index (κ2) is 4.49. The summed E-state index contributed by atoms with van der Waals surface area (Å²) in [4.78, 5) is 5.80. The fraction of sp³-hybridized carbons (Fsp3) is 0.154. The van der Waals surface area contributed by atoms with E-state index in [1.165, 1.54) is 10.3 Å². The summed E-state index contributed by atoms with van der Waals surface area (Å²) in [6.45, 7) is 5.77. The van der Waals surface area contributed by atoms with Gasteiger partial charge in [0.05, 0.1) is 5.52 Å². The van der Waals surface area contributed by atoms with E-state index >= 15 is 0 Å². The zero-order chi connectivity index (χ0) is 10.7. The fourth-order valence-electron chi connectivity index (χ4n) is 1.54. The van der Waals surface area contributed by atoms with Gasteiger partial charge in [0.25, 0.3) is 0 Å². The quantitative estimate of drug-likeness (QED) is 0.570. The number of pyridine rings is 1. The van der Waals surface area contributed by atoms with Crippen LogP contribution in [0.2, 0.25) is 0 Å². The van der Waals surface area contributed by atoms with E-state index in [0.29, 0.717) is 0 Å². The molecule has 0 saturated carbocycles. The number of fused-ring (bicyclic) bond motifs is 1. The third kappa shape index (κ3) is 2.21. The van der Waals surface area contributed by atoms with Crippen molar-refractivity contribution in [2.75, 3.05) is 5.75 Å². The average Bonchev–Trinajstić information content (AvgIpc) is 2.25. The molecule has 0 atom stereocenters. The Kier molecular flexibility index (Phi) is 3.07. The van der Waals surface area contributed by atoms with E-state index < -0.39 is 0 Å². The Morgan fingerprint density at radius 1 is 1.40 bits per heavy atom. The molecule has 1 nitrogen and oxygen atoms in total. The number of hydrogen-bond acceptors (Lipinski definition) is 2. The summed E-state index contributed by atoms with van der Waals surface area (Å²) in [6.07, 6.45) is 1.93. The molecule has 0 aliphatic heterocycles. The Bertz CT molecular complexity index is 491. The molecule has 15 heavy (non-hydrogen) atoms. The highest BCUT2D eigenvalue weighted by Crippen LogP contribution is 2.27. The van der Waals surface area contributed by atoms with Crippen molar-refractivity contribution in [3.63, 3.8) is 0 Å². The number of aryl methyl sites for hydroxylation is 1. The number of aromatic nitrogens is 1. The third-order valence-corrected chi connectivity index (χ3v) is 3.21. The van der Waals surface area contributed by atoms with Crippen molar-refractivity contribution in [3.8, 4) is 0 Å². The molecule has 0 radical (unpaired) electrons. The zero-order valence-electron chi connectivity index (χ0n) is 8.73. The predicted octanol–water partition coefficient (Wildman–Crippen LogP) is 3.82. The van der Waals surface area contributed by atoms with Gasteiger partial charge in [0.2, 0.25) is 0 Å². The minimum atomic E-state index is 0.938. The summed E-state index contributed by atoms with van der Waals surface area (Å²) >= 11 is 1.81. The van der Waals surface area contributed by atoms with Crippen LogP contribution in [0.3, 0.4) is 0 Å². The second-order valence-corrected chi connectivity index (χ2v) is 4.44. The highest BCUT2D eigenvalue weighted by molar-refractivity contribution is 7.99. The molecule has 0 N–H and O–H groups in total. The van der Waals surface area contributed by atoms with E-state index in [1.807, 2.05) is 19.1 Å². The molecule has 1 aromatic heterocycles. The van der Waals surface area contributed by atoms with Crippen molar-refractivity contribution in [1.82, 2.24) is 4.98 Å². The van der Waals surface area contributed by atoms with Gasteiger partial charge in [-0.2, -0.15) is 0 Å². The first kappa shape index (κ1) is 10.2. The van der Waals surface area contributed by atoms with Gasteiger partial charge in [-0.25, -0.2) is 0 Å². The number of para-hydroxylation sites is 1. The smallest absolute Gasteiger partial charge is 0.0716 e. The minimum absolute atomic E-state index is 0.938. The van der Waals surface area contributed by atoms with Crippen LogP contribution in [0.5, 0.6) is 0 Å². The molecule has 1 heterocycles. The van der Waals surface area contributed by atoms with Crippen molar-refractivity contribution in [1.29, 1.82) is 0 Å². The molecular formula is C13H13NS. The summed E-state index contributed by atoms with van der Waals surface area (Å²) in [5.41, 5.74) is 2.14. The van der Waals surface area contributed by atoms with Crippen LogP contribution >= 0.6 is 11.8 Å². The van der Waals surface area contributed by atoms with E-state index in [0.717, 1.165) is 17.0 Å². The topological polar surface area (TPSA) is 12.9 Å². The van der Waals surface area contributed by atoms with Gasteiger partial charge in [-0.3, -0.25) is 4.98 Å². The molecule has 0 aliphatic carbocycles. The molecule has 0 fully saturated rings. The summed E-state index contributed by atoms with van der Waals surface area (Å²) < 4.78 is 0. The van der Waals surface area contributed by atoms with Gasteiger partial charge in [0, 0.05) is 21.7 Å². The van der Waals surface area contributed by atoms with Gasteiger partial charge >= 0.3 is 0 Å². The first-order chi connectivity index (χ1) is 7.31. The second-order valence-electron chi connectivity index (χ2n) is 3.38. The molecule has 0 bridgehead atoms. The van der Waals surface area contributed by atoms with Crippen LogP contribution in [0.4, 0.5) is 0 Å². The lowest BCUT2D eigenvalue weighted by atomic mass is 10.2. The van der Waals surface area contributed by atoms with Crippen LogP contribution in [0.1, 0.15) is 5.69 Å². The maximum Gasteiger partial charge on any atom is 0.0716 e. The van der Waals surface area contributed by atoms with Gasteiger partial charge in [0.1, 0.15) is 0 Å². The molecule has 0 unspecified atom stereocenters. The molecule has 0 spiro atoms. The van der Waals surface area contributed by atoms with E-state index in [-0.39, 0.29) is 0 Å². The van der Waals surface area contributed by atoms with Gasteiger partial charge < -0.3 is 0 Å². The lowest BCUT2D eigenvalue weighted by Gasteiger charge is -2.05. The van der Waals surface area contributed by atoms with E-state index in [2.05, 4.69) is 35.8 Å². The summed E-state index contributed by atoms with van der Waals surface area (Å²) in [5.74, 6) is 0.938. The number of thioether (sulfide) groups is 1. The van der Waals surface area contributed by atoms with Gasteiger partial charge in [-0.05, 0) is 19.1 Å².